The second-order valence-corrected chi connectivity index (χ2v) is 4.01. The van der Waals surface area contributed by atoms with Crippen LogP contribution in [0, 0.1) is 6.92 Å². The van der Waals surface area contributed by atoms with Gasteiger partial charge in [0.1, 0.15) is 16.6 Å². The molecule has 0 aromatic carbocycles. The third kappa shape index (κ3) is 2.31. The summed E-state index contributed by atoms with van der Waals surface area (Å²) < 4.78 is 5.20. The zero-order chi connectivity index (χ0) is 10.7. The lowest BCUT2D eigenvalue weighted by Gasteiger charge is -2.02. The largest absolute Gasteiger partial charge is 0.468 e. The minimum absolute atomic E-state index is 0.654. The van der Waals surface area contributed by atoms with E-state index in [0.29, 0.717) is 5.82 Å². The van der Waals surface area contributed by atoms with E-state index >= 15 is 0 Å². The van der Waals surface area contributed by atoms with Crippen molar-refractivity contribution in [2.45, 2.75) is 16.8 Å². The number of anilines is 1. The smallest absolute Gasteiger partial charge is 0.141 e. The summed E-state index contributed by atoms with van der Waals surface area (Å²) in [5.74, 6) is 6.83. The van der Waals surface area contributed by atoms with Gasteiger partial charge in [-0.25, -0.2) is 10.8 Å². The Morgan fingerprint density at radius 2 is 2.27 bits per heavy atom. The Hall–Kier alpha value is -1.46. The van der Waals surface area contributed by atoms with Gasteiger partial charge >= 0.3 is 0 Å². The second kappa shape index (κ2) is 4.37. The predicted octanol–water partition coefficient (Wildman–Crippen LogP) is 2.42. The van der Waals surface area contributed by atoms with Gasteiger partial charge < -0.3 is 9.84 Å². The number of aryl methyl sites for hydroxylation is 1. The Bertz CT molecular complexity index is 455. The van der Waals surface area contributed by atoms with E-state index in [1.54, 1.807) is 18.0 Å². The van der Waals surface area contributed by atoms with E-state index in [-0.39, 0.29) is 0 Å². The molecule has 0 aliphatic heterocycles. The van der Waals surface area contributed by atoms with Crippen LogP contribution in [-0.2, 0) is 0 Å². The third-order valence-corrected chi connectivity index (χ3v) is 2.98. The molecule has 0 aliphatic carbocycles. The zero-order valence-electron chi connectivity index (χ0n) is 8.23. The van der Waals surface area contributed by atoms with Crippen LogP contribution in [0.4, 0.5) is 5.82 Å². The Morgan fingerprint density at radius 1 is 1.40 bits per heavy atom. The first kappa shape index (κ1) is 10.1. The van der Waals surface area contributed by atoms with Gasteiger partial charge in [-0.05, 0) is 25.1 Å². The number of rotatable bonds is 3. The van der Waals surface area contributed by atoms with Crippen LogP contribution in [0.2, 0.25) is 0 Å². The highest BCUT2D eigenvalue weighted by Gasteiger charge is 2.04. The van der Waals surface area contributed by atoms with Gasteiger partial charge in [0.25, 0.3) is 0 Å². The highest BCUT2D eigenvalue weighted by molar-refractivity contribution is 7.99. The lowest BCUT2D eigenvalue weighted by Crippen LogP contribution is -2.08. The number of nitrogens with zero attached hydrogens (tertiary/aromatic N) is 1. The third-order valence-electron chi connectivity index (χ3n) is 1.90. The molecule has 0 bridgehead atoms. The normalized spacial score (nSPS) is 10.3. The highest BCUT2D eigenvalue weighted by Crippen LogP contribution is 2.29. The maximum absolute atomic E-state index is 5.28. The van der Waals surface area contributed by atoms with E-state index in [1.807, 2.05) is 31.2 Å². The van der Waals surface area contributed by atoms with Gasteiger partial charge in [0.15, 0.2) is 0 Å². The van der Waals surface area contributed by atoms with Gasteiger partial charge in [-0.2, -0.15) is 0 Å². The molecule has 0 unspecified atom stereocenters. The van der Waals surface area contributed by atoms with E-state index < -0.39 is 0 Å². The fourth-order valence-electron chi connectivity index (χ4n) is 1.14. The summed E-state index contributed by atoms with van der Waals surface area (Å²) in [6, 6.07) is 7.56. The number of pyridine rings is 1. The van der Waals surface area contributed by atoms with E-state index in [0.717, 1.165) is 15.7 Å². The molecule has 2 heterocycles. The van der Waals surface area contributed by atoms with Crippen LogP contribution in [0.1, 0.15) is 5.76 Å². The molecule has 4 nitrogen and oxygen atoms in total. The van der Waals surface area contributed by atoms with Crippen LogP contribution in [-0.4, -0.2) is 4.98 Å². The fourth-order valence-corrected chi connectivity index (χ4v) is 1.98. The Kier molecular flexibility index (Phi) is 2.94. The molecule has 0 atom stereocenters. The average Bonchev–Trinajstić information content (AvgIpc) is 2.65. The molecule has 0 fully saturated rings. The number of nitrogen functional groups attached to an aromatic ring is 1. The molecule has 2 aromatic rings. The summed E-state index contributed by atoms with van der Waals surface area (Å²) in [6.45, 7) is 1.92. The van der Waals surface area contributed by atoms with E-state index in [4.69, 9.17) is 10.3 Å². The molecule has 0 aliphatic rings. The van der Waals surface area contributed by atoms with Gasteiger partial charge in [0.2, 0.25) is 0 Å². The fraction of sp³-hybridized carbons (Fsp3) is 0.100. The van der Waals surface area contributed by atoms with Crippen molar-refractivity contribution in [3.63, 3.8) is 0 Å². The van der Waals surface area contributed by atoms with Crippen molar-refractivity contribution in [3.8, 4) is 0 Å². The summed E-state index contributed by atoms with van der Waals surface area (Å²) in [5, 5.41) is 0.884. The van der Waals surface area contributed by atoms with Crippen molar-refractivity contribution in [1.29, 1.82) is 0 Å². The Labute approximate surface area is 91.9 Å². The van der Waals surface area contributed by atoms with E-state index in [9.17, 15) is 0 Å². The van der Waals surface area contributed by atoms with Crippen LogP contribution in [0.25, 0.3) is 0 Å². The molecule has 0 amide bonds. The molecule has 0 radical (unpaired) electrons. The van der Waals surface area contributed by atoms with Gasteiger partial charge in [-0.3, -0.25) is 0 Å². The number of hydrogen-bond donors (Lipinski definition) is 2. The van der Waals surface area contributed by atoms with Gasteiger partial charge in [-0.1, -0.05) is 17.8 Å². The second-order valence-electron chi connectivity index (χ2n) is 2.95. The van der Waals surface area contributed by atoms with Crippen LogP contribution in [0.3, 0.4) is 0 Å². The van der Waals surface area contributed by atoms with E-state index in [1.165, 1.54) is 0 Å². The zero-order valence-corrected chi connectivity index (χ0v) is 9.04. The van der Waals surface area contributed by atoms with Crippen LogP contribution >= 0.6 is 11.8 Å². The van der Waals surface area contributed by atoms with Crippen molar-refractivity contribution in [2.75, 3.05) is 5.43 Å². The van der Waals surface area contributed by atoms with Crippen molar-refractivity contribution in [3.05, 3.63) is 36.3 Å². The molecular weight excluding hydrogens is 210 g/mol. The van der Waals surface area contributed by atoms with Gasteiger partial charge in [0.05, 0.1) is 11.2 Å². The summed E-state index contributed by atoms with van der Waals surface area (Å²) in [7, 11) is 0. The minimum atomic E-state index is 0.654. The summed E-state index contributed by atoms with van der Waals surface area (Å²) >= 11 is 1.55. The monoisotopic (exact) mass is 221 g/mol. The first-order valence-corrected chi connectivity index (χ1v) is 5.27. The first-order chi connectivity index (χ1) is 7.29. The number of furan rings is 1. The number of aromatic nitrogens is 1. The molecule has 15 heavy (non-hydrogen) atoms. The number of nitrogens with one attached hydrogen (secondary N) is 1. The summed E-state index contributed by atoms with van der Waals surface area (Å²) in [4.78, 5) is 5.36. The van der Waals surface area contributed by atoms with Crippen molar-refractivity contribution < 1.29 is 4.42 Å². The topological polar surface area (TPSA) is 64.1 Å². The number of hydrogen-bond acceptors (Lipinski definition) is 5. The van der Waals surface area contributed by atoms with Crippen LogP contribution < -0.4 is 11.3 Å². The average molecular weight is 221 g/mol. The standard InChI is InChI=1S/C10H11N3OS/c1-7-8(5-6-14-7)15-10-4-2-3-9(12-10)13-11/h2-6H,11H2,1H3,(H,12,13). The quantitative estimate of drug-likeness (QED) is 0.615. The molecule has 3 N–H and O–H groups in total. The first-order valence-electron chi connectivity index (χ1n) is 4.45. The SMILES string of the molecule is Cc1occc1Sc1cccc(NN)n1. The molecule has 2 aromatic heterocycles. The van der Waals surface area contributed by atoms with Crippen molar-refractivity contribution in [2.24, 2.45) is 5.84 Å². The minimum Gasteiger partial charge on any atom is -0.468 e. The van der Waals surface area contributed by atoms with Crippen molar-refractivity contribution >= 4 is 17.6 Å². The van der Waals surface area contributed by atoms with Gasteiger partial charge in [-0.15, -0.1) is 0 Å². The molecule has 0 spiro atoms. The maximum Gasteiger partial charge on any atom is 0.141 e. The molecular formula is C10H11N3OS. The molecule has 5 heteroatoms. The number of hydrazine groups is 1. The Balaban J connectivity index is 2.21. The van der Waals surface area contributed by atoms with Gasteiger partial charge in [0, 0.05) is 0 Å². The van der Waals surface area contributed by atoms with E-state index in [2.05, 4.69) is 10.4 Å². The summed E-state index contributed by atoms with van der Waals surface area (Å²) in [6.07, 6.45) is 1.67. The number of nitrogens with two attached hydrogens (primary N) is 1. The Morgan fingerprint density at radius 3 is 2.93 bits per heavy atom. The molecule has 78 valence electrons. The van der Waals surface area contributed by atoms with Crippen LogP contribution in [0.5, 0.6) is 0 Å². The van der Waals surface area contributed by atoms with Crippen molar-refractivity contribution in [1.82, 2.24) is 4.98 Å². The summed E-state index contributed by atoms with van der Waals surface area (Å²) in [5.41, 5.74) is 2.51. The lowest BCUT2D eigenvalue weighted by molar-refractivity contribution is 0.527. The maximum atomic E-state index is 5.28. The highest BCUT2D eigenvalue weighted by atomic mass is 32.2. The lowest BCUT2D eigenvalue weighted by atomic mass is 10.5. The van der Waals surface area contributed by atoms with Crippen LogP contribution in [0.15, 0.2) is 44.9 Å². The molecule has 0 saturated heterocycles. The molecule has 0 saturated carbocycles. The predicted molar refractivity (Wildman–Crippen MR) is 59.6 cm³/mol. The molecule has 2 rings (SSSR count).